The molecule has 7 heteroatoms. The van der Waals surface area contributed by atoms with Gasteiger partial charge in [0, 0.05) is 4.92 Å². The number of nitrogens with one attached hydrogen (secondary N) is 1. The first kappa shape index (κ1) is 10.6. The molecule has 0 unspecified atom stereocenters. The van der Waals surface area contributed by atoms with Crippen molar-refractivity contribution in [2.45, 2.75) is 0 Å². The molecule has 0 aliphatic carbocycles. The van der Waals surface area contributed by atoms with Gasteiger partial charge < -0.3 is 21.4 Å². The van der Waals surface area contributed by atoms with E-state index in [0.717, 1.165) is 0 Å². The molecular formula is C2H7N3O4. The van der Waals surface area contributed by atoms with Crippen LogP contribution in [0, 0.1) is 10.1 Å². The first-order valence-electron chi connectivity index (χ1n) is 1.69. The van der Waals surface area contributed by atoms with Gasteiger partial charge in [0.15, 0.2) is 0 Å². The molecule has 1 amide bonds. The van der Waals surface area contributed by atoms with Crippen LogP contribution >= 0.6 is 0 Å². The predicted octanol–water partition coefficient (Wildman–Crippen LogP) is -1.47. The van der Waals surface area contributed by atoms with Crippen LogP contribution in [0.4, 0.5) is 4.79 Å². The number of carbonyl (C=O) groups excluding carboxylic acids is 1. The van der Waals surface area contributed by atoms with Gasteiger partial charge in [0.1, 0.15) is 6.09 Å². The average molecular weight is 137 g/mol. The summed E-state index contributed by atoms with van der Waals surface area (Å²) in [7, 11) is 0. The van der Waals surface area contributed by atoms with Gasteiger partial charge in [-0.25, -0.2) is 0 Å². The molecular weight excluding hydrogens is 130 g/mol. The van der Waals surface area contributed by atoms with Crippen LogP contribution in [0.3, 0.4) is 0 Å². The molecule has 0 aromatic carbocycles. The molecule has 0 aliphatic rings. The Bertz CT molecular complexity index is 98.4. The molecule has 0 spiro atoms. The zero-order chi connectivity index (χ0) is 6.57. The summed E-state index contributed by atoms with van der Waals surface area (Å²) in [5, 5.41) is 20.2. The van der Waals surface area contributed by atoms with Gasteiger partial charge in [-0.05, 0) is 0 Å². The third kappa shape index (κ3) is 10.8. The number of hydrogen-bond acceptors (Lipinski definition) is 4. The number of nitro groups is 1. The highest BCUT2D eigenvalue weighted by Crippen LogP contribution is 1.59. The van der Waals surface area contributed by atoms with E-state index in [0.29, 0.717) is 0 Å². The molecule has 0 fully saturated rings. The Labute approximate surface area is 50.4 Å². The first-order valence-corrected chi connectivity index (χ1v) is 1.69. The fraction of sp³-hybridized carbons (Fsp3) is 0.500. The van der Waals surface area contributed by atoms with E-state index in [1.165, 1.54) is 5.32 Å². The number of hydrogen-bond donors (Lipinski definition) is 2. The largest absolute Gasteiger partial charge is 0.530 e. The maximum absolute atomic E-state index is 9.38. The SMILES string of the molecule is O=C([O-])NC[N+](=O)[O-].[NH4+]. The van der Waals surface area contributed by atoms with E-state index < -0.39 is 17.7 Å². The third-order valence-electron chi connectivity index (χ3n) is 0.352. The zero-order valence-corrected chi connectivity index (χ0v) is 4.79. The van der Waals surface area contributed by atoms with E-state index in [1.807, 2.05) is 0 Å². The van der Waals surface area contributed by atoms with Crippen molar-refractivity contribution in [2.75, 3.05) is 6.67 Å². The Morgan fingerprint density at radius 2 is 2.11 bits per heavy atom. The van der Waals surface area contributed by atoms with Crippen LogP contribution in [0.1, 0.15) is 0 Å². The topological polar surface area (TPSA) is 132 Å². The molecule has 54 valence electrons. The Balaban J connectivity index is 0. The van der Waals surface area contributed by atoms with Crippen LogP contribution < -0.4 is 16.6 Å². The van der Waals surface area contributed by atoms with Crippen LogP contribution in [0.25, 0.3) is 0 Å². The van der Waals surface area contributed by atoms with E-state index in [-0.39, 0.29) is 6.15 Å². The van der Waals surface area contributed by atoms with Gasteiger partial charge in [0.25, 0.3) is 6.67 Å². The van der Waals surface area contributed by atoms with Crippen molar-refractivity contribution < 1.29 is 14.8 Å². The minimum atomic E-state index is -1.64. The highest BCUT2D eigenvalue weighted by atomic mass is 16.6. The molecule has 5 N–H and O–H groups in total. The Hall–Kier alpha value is -1.37. The average Bonchev–Trinajstić information content (AvgIpc) is 1.61. The Morgan fingerprint density at radius 3 is 2.22 bits per heavy atom. The van der Waals surface area contributed by atoms with Gasteiger partial charge in [0.2, 0.25) is 0 Å². The van der Waals surface area contributed by atoms with Gasteiger partial charge in [-0.3, -0.25) is 10.1 Å². The van der Waals surface area contributed by atoms with Crippen molar-refractivity contribution in [1.29, 1.82) is 0 Å². The van der Waals surface area contributed by atoms with Gasteiger partial charge in [-0.15, -0.1) is 0 Å². The van der Waals surface area contributed by atoms with Crippen molar-refractivity contribution >= 4 is 6.09 Å². The zero-order valence-electron chi connectivity index (χ0n) is 4.79. The summed E-state index contributed by atoms with van der Waals surface area (Å²) in [4.78, 5) is 17.9. The van der Waals surface area contributed by atoms with Crippen LogP contribution in [0.5, 0.6) is 0 Å². The number of carboxylic acid groups (broad SMARTS) is 1. The summed E-state index contributed by atoms with van der Waals surface area (Å²) in [6.07, 6.45) is -1.64. The predicted molar refractivity (Wildman–Crippen MR) is 26.4 cm³/mol. The highest BCUT2D eigenvalue weighted by molar-refractivity contribution is 5.61. The molecule has 9 heavy (non-hydrogen) atoms. The molecule has 0 aromatic heterocycles. The lowest BCUT2D eigenvalue weighted by Gasteiger charge is -1.97. The van der Waals surface area contributed by atoms with Crippen LogP contribution in [0.2, 0.25) is 0 Å². The fourth-order valence-corrected chi connectivity index (χ4v) is 0.129. The quantitative estimate of drug-likeness (QED) is 0.273. The Morgan fingerprint density at radius 1 is 1.67 bits per heavy atom. The number of carbonyl (C=O) groups is 1. The van der Waals surface area contributed by atoms with Gasteiger partial charge in [-0.2, -0.15) is 0 Å². The van der Waals surface area contributed by atoms with Crippen molar-refractivity contribution in [3.8, 4) is 0 Å². The summed E-state index contributed by atoms with van der Waals surface area (Å²) >= 11 is 0. The number of amides is 1. The molecule has 0 aromatic rings. The first-order chi connectivity index (χ1) is 3.63. The molecule has 0 rings (SSSR count). The second-order valence-electron chi connectivity index (χ2n) is 0.955. The summed E-state index contributed by atoms with van der Waals surface area (Å²) in [6, 6.07) is 0. The maximum atomic E-state index is 9.38. The number of nitrogens with zero attached hydrogens (tertiary/aromatic N) is 1. The molecule has 0 atom stereocenters. The van der Waals surface area contributed by atoms with Crippen LogP contribution in [-0.2, 0) is 0 Å². The maximum Gasteiger partial charge on any atom is 0.276 e. The van der Waals surface area contributed by atoms with Gasteiger partial charge >= 0.3 is 0 Å². The number of quaternary nitrogens is 1. The lowest BCUT2D eigenvalue weighted by Crippen LogP contribution is -2.39. The number of rotatable bonds is 2. The lowest BCUT2D eigenvalue weighted by molar-refractivity contribution is -0.485. The molecule has 0 heterocycles. The monoisotopic (exact) mass is 137 g/mol. The van der Waals surface area contributed by atoms with E-state index >= 15 is 0 Å². The molecule has 7 nitrogen and oxygen atoms in total. The van der Waals surface area contributed by atoms with E-state index in [4.69, 9.17) is 0 Å². The second kappa shape index (κ2) is 4.78. The molecule has 0 saturated heterocycles. The lowest BCUT2D eigenvalue weighted by atomic mass is 11.0. The van der Waals surface area contributed by atoms with Crippen molar-refractivity contribution in [3.63, 3.8) is 0 Å². The second-order valence-corrected chi connectivity index (χ2v) is 0.955. The van der Waals surface area contributed by atoms with Crippen molar-refractivity contribution in [2.24, 2.45) is 0 Å². The molecule has 0 aliphatic heterocycles. The summed E-state index contributed by atoms with van der Waals surface area (Å²) < 4.78 is 0. The van der Waals surface area contributed by atoms with Gasteiger partial charge in [-0.1, -0.05) is 0 Å². The van der Waals surface area contributed by atoms with Crippen molar-refractivity contribution in [1.82, 2.24) is 11.5 Å². The van der Waals surface area contributed by atoms with E-state index in [2.05, 4.69) is 0 Å². The minimum Gasteiger partial charge on any atom is -0.530 e. The Kier molecular flexibility index (Phi) is 5.62. The summed E-state index contributed by atoms with van der Waals surface area (Å²) in [5.74, 6) is 0. The molecule has 0 bridgehead atoms. The van der Waals surface area contributed by atoms with Crippen molar-refractivity contribution in [3.05, 3.63) is 10.1 Å². The minimum absolute atomic E-state index is 0. The third-order valence-corrected chi connectivity index (χ3v) is 0.352. The highest BCUT2D eigenvalue weighted by Gasteiger charge is 1.90. The normalized spacial score (nSPS) is 7.11. The fourth-order valence-electron chi connectivity index (χ4n) is 0.129. The summed E-state index contributed by atoms with van der Waals surface area (Å²) in [5.41, 5.74) is 0. The smallest absolute Gasteiger partial charge is 0.276 e. The molecule has 0 radical (unpaired) electrons. The standard InChI is InChI=1S/C2H4N2O4.H3N/c5-2(6)3-1-4(7)8;/h3H,1H2,(H,5,6);1H3. The van der Waals surface area contributed by atoms with Gasteiger partial charge in [0.05, 0.1) is 0 Å². The summed E-state index contributed by atoms with van der Waals surface area (Å²) in [6.45, 7) is -0.803. The van der Waals surface area contributed by atoms with Crippen LogP contribution in [-0.4, -0.2) is 17.7 Å². The van der Waals surface area contributed by atoms with E-state index in [9.17, 15) is 20.0 Å². The van der Waals surface area contributed by atoms with Crippen LogP contribution in [0.15, 0.2) is 0 Å². The van der Waals surface area contributed by atoms with E-state index in [1.54, 1.807) is 0 Å². The molecule has 0 saturated carbocycles.